The van der Waals surface area contributed by atoms with E-state index in [1.807, 2.05) is 6.92 Å². The van der Waals surface area contributed by atoms with Crippen molar-refractivity contribution in [2.75, 3.05) is 0 Å². The monoisotopic (exact) mass is 294 g/mol. The Kier molecular flexibility index (Phi) is 4.09. The summed E-state index contributed by atoms with van der Waals surface area (Å²) in [6.45, 7) is 3.51. The fraction of sp³-hybridized carbons (Fsp3) is 0.200. The Morgan fingerprint density at radius 2 is 1.75 bits per heavy atom. The molecule has 0 aromatic heterocycles. The van der Waals surface area contributed by atoms with Crippen LogP contribution in [0, 0.1) is 12.7 Å². The Hall–Kier alpha value is -1.88. The summed E-state index contributed by atoms with van der Waals surface area (Å²) in [4.78, 5) is -0.0593. The quantitative estimate of drug-likeness (QED) is 0.811. The summed E-state index contributed by atoms with van der Waals surface area (Å²) in [6.07, 6.45) is 0.865. The van der Waals surface area contributed by atoms with Gasteiger partial charge in [-0.15, -0.1) is 0 Å². The lowest BCUT2D eigenvalue weighted by atomic mass is 10.2. The molecule has 0 atom stereocenters. The minimum absolute atomic E-state index is 0.0593. The summed E-state index contributed by atoms with van der Waals surface area (Å²) >= 11 is 0. The second-order valence-electron chi connectivity index (χ2n) is 4.45. The van der Waals surface area contributed by atoms with Crippen LogP contribution in [0.4, 0.5) is 4.39 Å². The second kappa shape index (κ2) is 5.63. The number of benzene rings is 2. The number of rotatable bonds is 4. The topological polar surface area (TPSA) is 43.4 Å². The smallest absolute Gasteiger partial charge is 0.339 e. The molecule has 2 aromatic rings. The van der Waals surface area contributed by atoms with E-state index in [4.69, 9.17) is 4.18 Å². The first-order chi connectivity index (χ1) is 9.42. The third-order valence-electron chi connectivity index (χ3n) is 2.96. The van der Waals surface area contributed by atoms with E-state index in [0.717, 1.165) is 18.1 Å². The van der Waals surface area contributed by atoms with Crippen LogP contribution in [-0.2, 0) is 16.5 Å². The van der Waals surface area contributed by atoms with Crippen LogP contribution in [0.3, 0.4) is 0 Å². The molecule has 0 amide bonds. The Labute approximate surface area is 118 Å². The van der Waals surface area contributed by atoms with E-state index in [2.05, 4.69) is 0 Å². The highest BCUT2D eigenvalue weighted by Gasteiger charge is 2.17. The molecule has 5 heteroatoms. The normalized spacial score (nSPS) is 11.3. The van der Waals surface area contributed by atoms with Crippen LogP contribution in [0.5, 0.6) is 5.75 Å². The van der Waals surface area contributed by atoms with Crippen molar-refractivity contribution >= 4 is 10.1 Å². The van der Waals surface area contributed by atoms with Crippen molar-refractivity contribution in [2.24, 2.45) is 0 Å². The van der Waals surface area contributed by atoms with Gasteiger partial charge in [0, 0.05) is 0 Å². The largest absolute Gasteiger partial charge is 0.379 e. The van der Waals surface area contributed by atoms with Crippen LogP contribution in [0.15, 0.2) is 47.4 Å². The van der Waals surface area contributed by atoms with Gasteiger partial charge < -0.3 is 4.18 Å². The molecule has 0 bridgehead atoms. The van der Waals surface area contributed by atoms with Crippen molar-refractivity contribution in [3.63, 3.8) is 0 Å². The molecule has 0 saturated heterocycles. The molecule has 106 valence electrons. The summed E-state index contributed by atoms with van der Waals surface area (Å²) in [5, 5.41) is 0. The first-order valence-electron chi connectivity index (χ1n) is 6.22. The van der Waals surface area contributed by atoms with E-state index >= 15 is 0 Å². The SMILES string of the molecule is CCc1ccc(OS(=O)(=O)c2ccc(F)c(C)c2)cc1. The molecule has 0 fully saturated rings. The highest BCUT2D eigenvalue weighted by molar-refractivity contribution is 7.87. The number of hydrogen-bond acceptors (Lipinski definition) is 3. The van der Waals surface area contributed by atoms with E-state index in [1.165, 1.54) is 19.1 Å². The van der Waals surface area contributed by atoms with Crippen molar-refractivity contribution in [1.29, 1.82) is 0 Å². The number of hydrogen-bond donors (Lipinski definition) is 0. The molecular weight excluding hydrogens is 279 g/mol. The van der Waals surface area contributed by atoms with Gasteiger partial charge in [0.25, 0.3) is 0 Å². The van der Waals surface area contributed by atoms with Gasteiger partial charge in [-0.1, -0.05) is 19.1 Å². The fourth-order valence-corrected chi connectivity index (χ4v) is 2.74. The van der Waals surface area contributed by atoms with Gasteiger partial charge in [0.1, 0.15) is 16.5 Å². The Bertz CT molecular complexity index is 706. The molecule has 0 spiro atoms. The molecule has 0 N–H and O–H groups in total. The zero-order valence-electron chi connectivity index (χ0n) is 11.3. The maximum absolute atomic E-state index is 13.2. The van der Waals surface area contributed by atoms with Crippen molar-refractivity contribution < 1.29 is 17.0 Å². The Morgan fingerprint density at radius 1 is 1.10 bits per heavy atom. The molecule has 0 saturated carbocycles. The summed E-state index contributed by atoms with van der Waals surface area (Å²) in [5.41, 5.74) is 1.35. The molecule has 0 radical (unpaired) electrons. The van der Waals surface area contributed by atoms with E-state index in [-0.39, 0.29) is 16.2 Å². The molecule has 0 unspecified atom stereocenters. The van der Waals surface area contributed by atoms with E-state index in [0.29, 0.717) is 0 Å². The lowest BCUT2D eigenvalue weighted by Crippen LogP contribution is -2.10. The lowest BCUT2D eigenvalue weighted by Gasteiger charge is -2.08. The molecule has 20 heavy (non-hydrogen) atoms. The molecule has 0 heterocycles. The van der Waals surface area contributed by atoms with Crippen molar-refractivity contribution in [3.8, 4) is 5.75 Å². The predicted octanol–water partition coefficient (Wildman–Crippen LogP) is 3.46. The van der Waals surface area contributed by atoms with Gasteiger partial charge in [0.05, 0.1) is 0 Å². The minimum atomic E-state index is -3.94. The van der Waals surface area contributed by atoms with Gasteiger partial charge >= 0.3 is 10.1 Å². The van der Waals surface area contributed by atoms with E-state index < -0.39 is 15.9 Å². The first kappa shape index (κ1) is 14.5. The lowest BCUT2D eigenvalue weighted by molar-refractivity contribution is 0.485. The maximum atomic E-state index is 13.2. The molecule has 0 aliphatic heterocycles. The summed E-state index contributed by atoms with van der Waals surface area (Å²) in [6, 6.07) is 10.4. The van der Waals surface area contributed by atoms with Crippen molar-refractivity contribution in [1.82, 2.24) is 0 Å². The van der Waals surface area contributed by atoms with Gasteiger partial charge in [-0.05, 0) is 54.8 Å². The van der Waals surface area contributed by atoms with Crippen molar-refractivity contribution in [3.05, 3.63) is 59.4 Å². The van der Waals surface area contributed by atoms with Gasteiger partial charge in [-0.3, -0.25) is 0 Å². The standard InChI is InChI=1S/C15H15FO3S/c1-3-12-4-6-13(7-5-12)19-20(17,18)14-8-9-15(16)11(2)10-14/h4-10H,3H2,1-2H3. The fourth-order valence-electron chi connectivity index (χ4n) is 1.73. The molecule has 0 aliphatic rings. The predicted molar refractivity (Wildman–Crippen MR) is 74.8 cm³/mol. The number of aryl methyl sites for hydroxylation is 2. The van der Waals surface area contributed by atoms with Crippen molar-refractivity contribution in [2.45, 2.75) is 25.2 Å². The molecule has 2 rings (SSSR count). The van der Waals surface area contributed by atoms with Crippen LogP contribution < -0.4 is 4.18 Å². The third-order valence-corrected chi connectivity index (χ3v) is 4.20. The summed E-state index contributed by atoms with van der Waals surface area (Å²) in [7, 11) is -3.94. The molecule has 2 aromatic carbocycles. The highest BCUT2D eigenvalue weighted by atomic mass is 32.2. The van der Waals surface area contributed by atoms with Crippen LogP contribution in [0.1, 0.15) is 18.1 Å². The Morgan fingerprint density at radius 3 is 2.30 bits per heavy atom. The van der Waals surface area contributed by atoms with E-state index in [1.54, 1.807) is 24.3 Å². The average molecular weight is 294 g/mol. The Balaban J connectivity index is 2.27. The maximum Gasteiger partial charge on any atom is 0.339 e. The van der Waals surface area contributed by atoms with Crippen LogP contribution in [0.2, 0.25) is 0 Å². The second-order valence-corrected chi connectivity index (χ2v) is 5.99. The first-order valence-corrected chi connectivity index (χ1v) is 7.63. The summed E-state index contributed by atoms with van der Waals surface area (Å²) in [5.74, 6) is -0.208. The molecule has 0 aliphatic carbocycles. The highest BCUT2D eigenvalue weighted by Crippen LogP contribution is 2.21. The van der Waals surface area contributed by atoms with Crippen LogP contribution in [0.25, 0.3) is 0 Å². The zero-order chi connectivity index (χ0) is 14.8. The van der Waals surface area contributed by atoms with Gasteiger partial charge in [0.2, 0.25) is 0 Å². The summed E-state index contributed by atoms with van der Waals surface area (Å²) < 4.78 is 42.3. The van der Waals surface area contributed by atoms with Crippen LogP contribution in [-0.4, -0.2) is 8.42 Å². The van der Waals surface area contributed by atoms with Gasteiger partial charge in [0.15, 0.2) is 0 Å². The minimum Gasteiger partial charge on any atom is -0.379 e. The van der Waals surface area contributed by atoms with Gasteiger partial charge in [-0.25, -0.2) is 4.39 Å². The van der Waals surface area contributed by atoms with Crippen LogP contribution >= 0.6 is 0 Å². The average Bonchev–Trinajstić information content (AvgIpc) is 2.42. The third kappa shape index (κ3) is 3.17. The molecular formula is C15H15FO3S. The number of halogens is 1. The molecule has 3 nitrogen and oxygen atoms in total. The van der Waals surface area contributed by atoms with Gasteiger partial charge in [-0.2, -0.15) is 8.42 Å². The van der Waals surface area contributed by atoms with E-state index in [9.17, 15) is 12.8 Å². The zero-order valence-corrected chi connectivity index (χ0v) is 12.1.